The maximum atomic E-state index is 13.8. The van der Waals surface area contributed by atoms with Gasteiger partial charge in [-0.1, -0.05) is 35.7 Å². The molecule has 158 valence electrons. The first-order chi connectivity index (χ1) is 14.6. The summed E-state index contributed by atoms with van der Waals surface area (Å²) in [6.45, 7) is 3.27. The van der Waals surface area contributed by atoms with Gasteiger partial charge in [0, 0.05) is 42.1 Å². The van der Waals surface area contributed by atoms with E-state index in [0.29, 0.717) is 16.9 Å². The molecule has 4 heterocycles. The Balaban J connectivity index is 1.36. The van der Waals surface area contributed by atoms with Gasteiger partial charge in [0.15, 0.2) is 0 Å². The fourth-order valence-electron chi connectivity index (χ4n) is 6.86. The van der Waals surface area contributed by atoms with Gasteiger partial charge < -0.3 is 9.47 Å². The molecule has 0 N–H and O–H groups in total. The third kappa shape index (κ3) is 2.87. The summed E-state index contributed by atoms with van der Waals surface area (Å²) in [5.41, 5.74) is 3.35. The summed E-state index contributed by atoms with van der Waals surface area (Å²) in [7, 11) is 1.99. The summed E-state index contributed by atoms with van der Waals surface area (Å²) in [6.07, 6.45) is 10.2. The zero-order valence-corrected chi connectivity index (χ0v) is 18.4. The van der Waals surface area contributed by atoms with Crippen LogP contribution in [0.25, 0.3) is 10.9 Å². The molecule has 3 aliphatic heterocycles. The minimum Gasteiger partial charge on any atom is -0.340 e. The first-order valence-electron chi connectivity index (χ1n) is 11.6. The molecule has 3 fully saturated rings. The zero-order chi connectivity index (χ0) is 20.4. The monoisotopic (exact) mass is 423 g/mol. The summed E-state index contributed by atoms with van der Waals surface area (Å²) in [5, 5.41) is 1.79. The Kier molecular flexibility index (Phi) is 4.50. The lowest BCUT2D eigenvalue weighted by molar-refractivity contribution is 0.00122. The number of carbonyl (C=O) groups is 1. The Morgan fingerprint density at radius 3 is 2.93 bits per heavy atom. The molecule has 0 spiro atoms. The normalized spacial score (nSPS) is 31.3. The summed E-state index contributed by atoms with van der Waals surface area (Å²) in [4.78, 5) is 18.8. The van der Waals surface area contributed by atoms with E-state index in [4.69, 9.17) is 11.6 Å². The van der Waals surface area contributed by atoms with Crippen molar-refractivity contribution in [1.29, 1.82) is 0 Å². The molecule has 2 aromatic rings. The average molecular weight is 424 g/mol. The highest BCUT2D eigenvalue weighted by Gasteiger charge is 2.47. The predicted molar refractivity (Wildman–Crippen MR) is 121 cm³/mol. The first-order valence-corrected chi connectivity index (χ1v) is 12.0. The number of halogens is 1. The van der Waals surface area contributed by atoms with E-state index < -0.39 is 0 Å². The third-order valence-corrected chi connectivity index (χ3v) is 8.38. The Morgan fingerprint density at radius 1 is 1.13 bits per heavy atom. The molecule has 0 radical (unpaired) electrons. The van der Waals surface area contributed by atoms with Crippen molar-refractivity contribution in [2.45, 2.75) is 50.6 Å². The van der Waals surface area contributed by atoms with Gasteiger partial charge in [0.25, 0.3) is 5.91 Å². The number of aryl methyl sites for hydroxylation is 1. The fourth-order valence-corrected chi connectivity index (χ4v) is 7.02. The summed E-state index contributed by atoms with van der Waals surface area (Å²) in [5.74, 6) is 1.46. The van der Waals surface area contributed by atoms with Gasteiger partial charge in [0.1, 0.15) is 5.69 Å². The van der Waals surface area contributed by atoms with Crippen LogP contribution in [0.5, 0.6) is 0 Å². The number of piperidine rings is 3. The number of nitrogens with zero attached hydrogens (tertiary/aromatic N) is 3. The number of hydrogen-bond acceptors (Lipinski definition) is 2. The smallest absolute Gasteiger partial charge is 0.271 e. The third-order valence-electron chi connectivity index (χ3n) is 8.14. The lowest BCUT2D eigenvalue weighted by Crippen LogP contribution is -2.60. The van der Waals surface area contributed by atoms with Crippen LogP contribution >= 0.6 is 11.6 Å². The molecule has 1 amide bonds. The van der Waals surface area contributed by atoms with Crippen molar-refractivity contribution in [2.24, 2.45) is 18.9 Å². The van der Waals surface area contributed by atoms with Gasteiger partial charge in [0.2, 0.25) is 0 Å². The van der Waals surface area contributed by atoms with E-state index in [1.165, 1.54) is 38.6 Å². The van der Waals surface area contributed by atoms with E-state index in [9.17, 15) is 4.79 Å². The van der Waals surface area contributed by atoms with Crippen molar-refractivity contribution in [3.05, 3.63) is 46.6 Å². The quantitative estimate of drug-likeness (QED) is 0.612. The van der Waals surface area contributed by atoms with Crippen LogP contribution in [-0.4, -0.2) is 52.0 Å². The molecule has 5 heteroatoms. The predicted octanol–water partition coefficient (Wildman–Crippen LogP) is 4.87. The molecule has 6 rings (SSSR count). The highest BCUT2D eigenvalue weighted by molar-refractivity contribution is 6.31. The van der Waals surface area contributed by atoms with E-state index in [1.54, 1.807) is 5.57 Å². The van der Waals surface area contributed by atoms with Crippen molar-refractivity contribution in [3.63, 3.8) is 0 Å². The topological polar surface area (TPSA) is 28.5 Å². The number of fused-ring (bicyclic) bond motifs is 7. The van der Waals surface area contributed by atoms with Crippen LogP contribution in [0.4, 0.5) is 0 Å². The maximum absolute atomic E-state index is 13.8. The Labute approximate surface area is 183 Å². The second-order valence-electron chi connectivity index (χ2n) is 9.80. The van der Waals surface area contributed by atoms with Gasteiger partial charge in [0.05, 0.1) is 6.04 Å². The number of aromatic nitrogens is 1. The Morgan fingerprint density at radius 2 is 2.03 bits per heavy atom. The highest BCUT2D eigenvalue weighted by Crippen LogP contribution is 2.45. The Hall–Kier alpha value is -1.78. The first kappa shape index (κ1) is 18.9. The molecule has 4 aliphatic rings. The molecule has 1 aromatic heterocycles. The van der Waals surface area contributed by atoms with Crippen LogP contribution in [0.3, 0.4) is 0 Å². The Bertz CT molecular complexity index is 1040. The van der Waals surface area contributed by atoms with Crippen LogP contribution in [0.1, 0.15) is 49.0 Å². The maximum Gasteiger partial charge on any atom is 0.271 e. The van der Waals surface area contributed by atoms with E-state index in [2.05, 4.69) is 15.9 Å². The van der Waals surface area contributed by atoms with Crippen molar-refractivity contribution in [1.82, 2.24) is 14.4 Å². The number of hydrogen-bond donors (Lipinski definition) is 0. The van der Waals surface area contributed by atoms with Crippen molar-refractivity contribution >= 4 is 28.4 Å². The molecule has 0 saturated carbocycles. The van der Waals surface area contributed by atoms with Crippen LogP contribution in [0.15, 0.2) is 35.9 Å². The molecule has 1 aliphatic carbocycles. The van der Waals surface area contributed by atoms with Gasteiger partial charge in [-0.3, -0.25) is 9.69 Å². The second kappa shape index (κ2) is 7.13. The average Bonchev–Trinajstić information content (AvgIpc) is 3.09. The van der Waals surface area contributed by atoms with Gasteiger partial charge in [-0.15, -0.1) is 0 Å². The number of benzene rings is 1. The van der Waals surface area contributed by atoms with Crippen LogP contribution < -0.4 is 0 Å². The van der Waals surface area contributed by atoms with Gasteiger partial charge in [-0.2, -0.15) is 0 Å². The molecular formula is C25H30ClN3O. The van der Waals surface area contributed by atoms with Gasteiger partial charge in [-0.05, 0) is 68.7 Å². The summed E-state index contributed by atoms with van der Waals surface area (Å²) in [6, 6.07) is 8.94. The number of carbonyl (C=O) groups excluding carboxylic acids is 1. The molecule has 4 atom stereocenters. The highest BCUT2D eigenvalue weighted by atomic mass is 35.5. The minimum atomic E-state index is 0.180. The molecule has 1 unspecified atom stereocenters. The zero-order valence-electron chi connectivity index (χ0n) is 17.7. The number of amides is 1. The molecule has 2 bridgehead atoms. The second-order valence-corrected chi connectivity index (χ2v) is 10.2. The van der Waals surface area contributed by atoms with Crippen molar-refractivity contribution in [3.8, 4) is 0 Å². The van der Waals surface area contributed by atoms with Crippen LogP contribution in [0.2, 0.25) is 5.02 Å². The van der Waals surface area contributed by atoms with Crippen LogP contribution in [0, 0.1) is 11.8 Å². The summed E-state index contributed by atoms with van der Waals surface area (Å²) >= 11 is 6.21. The standard InChI is InChI=1S/C25H30ClN3O/c1-27-22-14-20(26)8-7-16(22)13-23(27)25(30)29-10-4-5-17-11-18-12-19(24(17)29)15-28-9-3-2-6-21(18)28/h7-8,11,13-14,18-19,21,24H,2-6,9-10,12,15H2,1H3/t18-,19-,21?,24+/m0/s1. The van der Waals surface area contributed by atoms with E-state index in [1.807, 2.05) is 35.9 Å². The largest absolute Gasteiger partial charge is 0.340 e. The molecule has 4 nitrogen and oxygen atoms in total. The van der Waals surface area contributed by atoms with E-state index in [0.717, 1.165) is 42.1 Å². The molecule has 3 saturated heterocycles. The minimum absolute atomic E-state index is 0.180. The lowest BCUT2D eigenvalue weighted by atomic mass is 9.68. The van der Waals surface area contributed by atoms with E-state index >= 15 is 0 Å². The lowest BCUT2D eigenvalue weighted by Gasteiger charge is -2.54. The molecular weight excluding hydrogens is 394 g/mol. The molecule has 30 heavy (non-hydrogen) atoms. The van der Waals surface area contributed by atoms with Crippen LogP contribution in [-0.2, 0) is 7.05 Å². The van der Waals surface area contributed by atoms with Gasteiger partial charge >= 0.3 is 0 Å². The van der Waals surface area contributed by atoms with Gasteiger partial charge in [-0.25, -0.2) is 0 Å². The van der Waals surface area contributed by atoms with Crippen molar-refractivity contribution in [2.75, 3.05) is 19.6 Å². The number of likely N-dealkylation sites (tertiary alicyclic amines) is 1. The SMILES string of the molecule is Cn1c(C(=O)N2CCCC3=C[C@H]4C[C@@H](CN5CCCCC45)[C@@H]32)cc2ccc(Cl)cc21. The van der Waals surface area contributed by atoms with E-state index in [-0.39, 0.29) is 11.9 Å². The summed E-state index contributed by atoms with van der Waals surface area (Å²) < 4.78 is 2.02. The molecule has 1 aromatic carbocycles. The van der Waals surface area contributed by atoms with Crippen molar-refractivity contribution < 1.29 is 4.79 Å². The fraction of sp³-hybridized carbons (Fsp3) is 0.560. The number of rotatable bonds is 1.